The molecule has 0 atom stereocenters. The molecule has 0 bridgehead atoms. The second-order valence-corrected chi connectivity index (χ2v) is 9.04. The van der Waals surface area contributed by atoms with E-state index in [2.05, 4.69) is 6.07 Å². The normalized spacial score (nSPS) is 10.5. The Labute approximate surface area is 100 Å². The number of rotatable bonds is 1. The fraction of sp³-hybridized carbons (Fsp3) is 0.273. The van der Waals surface area contributed by atoms with E-state index in [0.29, 0.717) is 0 Å². The van der Waals surface area contributed by atoms with Crippen molar-refractivity contribution in [3.8, 4) is 6.07 Å². The van der Waals surface area contributed by atoms with Crippen LogP contribution in [0.5, 0.6) is 0 Å². The Kier molecular flexibility index (Phi) is 2.75. The molecular weight excluding hydrogens is 320 g/mol. The van der Waals surface area contributed by atoms with E-state index in [-0.39, 0.29) is 34.8 Å². The number of hydrogen-bond acceptors (Lipinski definition) is 2. The minimum atomic E-state index is 0.186. The monoisotopic (exact) mass is 331 g/mol. The van der Waals surface area contributed by atoms with E-state index in [0.717, 1.165) is 20.0 Å². The quantitative estimate of drug-likeness (QED) is 0.590. The van der Waals surface area contributed by atoms with Crippen molar-refractivity contribution in [1.82, 2.24) is 0 Å². The molecule has 76 valence electrons. The Morgan fingerprint density at radius 3 is 2.40 bits per heavy atom. The molecule has 2 rings (SSSR count). The van der Waals surface area contributed by atoms with Crippen LogP contribution in [0.25, 0.3) is 8.52 Å². The first-order valence-electron chi connectivity index (χ1n) is 4.49. The van der Waals surface area contributed by atoms with Crippen molar-refractivity contribution in [3.63, 3.8) is 0 Å². The van der Waals surface area contributed by atoms with Crippen LogP contribution in [-0.2, 0) is 0 Å². The van der Waals surface area contributed by atoms with Crippen molar-refractivity contribution in [2.24, 2.45) is 0 Å². The molecule has 0 saturated carbocycles. The van der Waals surface area contributed by atoms with Gasteiger partial charge in [-0.2, -0.15) is 0 Å². The van der Waals surface area contributed by atoms with Crippen LogP contribution in [0.15, 0.2) is 0 Å². The molecule has 0 saturated heterocycles. The van der Waals surface area contributed by atoms with Crippen LogP contribution < -0.4 is 0 Å². The number of carbonyl (C=O) groups excluding carboxylic acids is 1. The van der Waals surface area contributed by atoms with Gasteiger partial charge in [0, 0.05) is 0 Å². The van der Waals surface area contributed by atoms with E-state index in [4.69, 9.17) is 5.26 Å². The Morgan fingerprint density at radius 2 is 1.93 bits per heavy atom. The molecule has 0 N–H and O–H groups in total. The minimum absolute atomic E-state index is 0.186. The molecule has 0 spiro atoms. The van der Waals surface area contributed by atoms with Gasteiger partial charge in [0.1, 0.15) is 0 Å². The van der Waals surface area contributed by atoms with Crippen LogP contribution in [0, 0.1) is 25.2 Å². The average Bonchev–Trinajstić information content (AvgIpc) is 2.65. The molecule has 2 heterocycles. The molecule has 0 aliphatic heterocycles. The fourth-order valence-electron chi connectivity index (χ4n) is 1.72. The molecular formula is C11H9NOSe2. The topological polar surface area (TPSA) is 40.9 Å². The second kappa shape index (κ2) is 3.77. The molecule has 0 aliphatic rings. The van der Waals surface area contributed by atoms with Gasteiger partial charge in [0.25, 0.3) is 0 Å². The number of nitrogens with zero attached hydrogens (tertiary/aromatic N) is 1. The van der Waals surface area contributed by atoms with Crippen molar-refractivity contribution < 1.29 is 4.79 Å². The van der Waals surface area contributed by atoms with E-state index >= 15 is 0 Å². The first-order chi connectivity index (χ1) is 7.06. The van der Waals surface area contributed by atoms with Crippen molar-refractivity contribution in [1.29, 1.82) is 5.26 Å². The third-order valence-electron chi connectivity index (χ3n) is 2.45. The zero-order chi connectivity index (χ0) is 11.2. The molecule has 4 heteroatoms. The maximum atomic E-state index is 11.4. The third-order valence-corrected chi connectivity index (χ3v) is 8.83. The molecule has 0 aromatic carbocycles. The molecule has 2 nitrogen and oxygen atoms in total. The summed E-state index contributed by atoms with van der Waals surface area (Å²) in [7, 11) is 0. The third kappa shape index (κ3) is 1.57. The van der Waals surface area contributed by atoms with Crippen molar-refractivity contribution in [2.45, 2.75) is 20.8 Å². The van der Waals surface area contributed by atoms with Gasteiger partial charge in [-0.15, -0.1) is 0 Å². The van der Waals surface area contributed by atoms with Gasteiger partial charge < -0.3 is 0 Å². The molecule has 0 unspecified atom stereocenters. The van der Waals surface area contributed by atoms with E-state index < -0.39 is 0 Å². The zero-order valence-corrected chi connectivity index (χ0v) is 12.1. The molecule has 15 heavy (non-hydrogen) atoms. The Morgan fingerprint density at radius 1 is 1.27 bits per heavy atom. The number of nitriles is 1. The van der Waals surface area contributed by atoms with Crippen LogP contribution >= 0.6 is 0 Å². The van der Waals surface area contributed by atoms with Crippen LogP contribution in [0.1, 0.15) is 31.7 Å². The summed E-state index contributed by atoms with van der Waals surface area (Å²) in [5.74, 6) is 0.198. The van der Waals surface area contributed by atoms with Crippen molar-refractivity contribution >= 4 is 43.3 Å². The van der Waals surface area contributed by atoms with Gasteiger partial charge in [-0.3, -0.25) is 0 Å². The standard InChI is InChI=1S/C11H9NOSe2/c1-5-8(4-12)14-11-9(5)6(2)10(15-11)7(3)13/h1-3H3. The van der Waals surface area contributed by atoms with E-state index in [9.17, 15) is 4.79 Å². The summed E-state index contributed by atoms with van der Waals surface area (Å²) >= 11 is 0.373. The SMILES string of the molecule is CC(=O)c1[se]c2[se]c(C#N)c(C)c2c1C. The number of hydrogen-bond donors (Lipinski definition) is 0. The number of fused-ring (bicyclic) bond motifs is 1. The maximum absolute atomic E-state index is 11.4. The average molecular weight is 329 g/mol. The summed E-state index contributed by atoms with van der Waals surface area (Å²) < 4.78 is 3.33. The number of Topliss-reactive ketones (excluding diaryl/α,β-unsaturated/α-hetero) is 1. The molecule has 0 radical (unpaired) electrons. The Hall–Kier alpha value is -0.581. The second-order valence-electron chi connectivity index (χ2n) is 3.44. The van der Waals surface area contributed by atoms with E-state index in [1.165, 1.54) is 8.52 Å². The zero-order valence-electron chi connectivity index (χ0n) is 8.67. The van der Waals surface area contributed by atoms with Gasteiger partial charge in [0.2, 0.25) is 0 Å². The van der Waals surface area contributed by atoms with E-state index in [1.807, 2.05) is 13.8 Å². The summed E-state index contributed by atoms with van der Waals surface area (Å²) in [6.45, 7) is 5.66. The Bertz CT molecular complexity index is 598. The Balaban J connectivity index is 2.84. The van der Waals surface area contributed by atoms with Crippen LogP contribution in [0.3, 0.4) is 0 Å². The fourth-order valence-corrected chi connectivity index (χ4v) is 8.04. The molecule has 0 amide bonds. The van der Waals surface area contributed by atoms with Gasteiger partial charge in [-0.1, -0.05) is 0 Å². The summed E-state index contributed by atoms with van der Waals surface area (Å²) in [6, 6.07) is 2.28. The predicted octanol–water partition coefficient (Wildman–Crippen LogP) is 1.64. The van der Waals surface area contributed by atoms with Crippen LogP contribution in [-0.4, -0.2) is 34.8 Å². The van der Waals surface area contributed by atoms with Crippen LogP contribution in [0.2, 0.25) is 0 Å². The van der Waals surface area contributed by atoms with Crippen molar-refractivity contribution in [3.05, 3.63) is 20.0 Å². The summed E-state index contributed by atoms with van der Waals surface area (Å²) in [5.41, 5.74) is 2.24. The first kappa shape index (κ1) is 10.9. The van der Waals surface area contributed by atoms with Crippen LogP contribution in [0.4, 0.5) is 0 Å². The van der Waals surface area contributed by atoms with Gasteiger partial charge in [0.05, 0.1) is 0 Å². The summed E-state index contributed by atoms with van der Waals surface area (Å²) in [4.78, 5) is 11.4. The van der Waals surface area contributed by atoms with Crippen molar-refractivity contribution in [2.75, 3.05) is 0 Å². The van der Waals surface area contributed by atoms with Gasteiger partial charge in [-0.05, 0) is 0 Å². The molecule has 0 fully saturated rings. The first-order valence-corrected chi connectivity index (χ1v) is 7.92. The van der Waals surface area contributed by atoms with Gasteiger partial charge in [0.15, 0.2) is 0 Å². The summed E-state index contributed by atoms with van der Waals surface area (Å²) in [5, 5.41) is 10.2. The molecule has 0 aliphatic carbocycles. The predicted molar refractivity (Wildman–Crippen MR) is 62.0 cm³/mol. The molecule has 2 aromatic rings. The molecule has 2 aromatic heterocycles. The van der Waals surface area contributed by atoms with Gasteiger partial charge >= 0.3 is 100 Å². The number of carbonyl (C=O) groups is 1. The number of aryl methyl sites for hydroxylation is 2. The van der Waals surface area contributed by atoms with Gasteiger partial charge in [-0.25, -0.2) is 0 Å². The number of ketones is 1. The summed E-state index contributed by atoms with van der Waals surface area (Å²) in [6.07, 6.45) is 0. The van der Waals surface area contributed by atoms with E-state index in [1.54, 1.807) is 6.92 Å².